The smallest absolute Gasteiger partial charge is 0.418 e. The topological polar surface area (TPSA) is 48.1 Å². The summed E-state index contributed by atoms with van der Waals surface area (Å²) < 4.78 is 58.6. The molecule has 3 rings (SSSR count). The second-order valence-corrected chi connectivity index (χ2v) is 5.25. The van der Waals surface area contributed by atoms with Gasteiger partial charge in [0.25, 0.3) is 0 Å². The lowest BCUT2D eigenvalue weighted by atomic mass is 10.1. The fourth-order valence-electron chi connectivity index (χ4n) is 2.35. The van der Waals surface area contributed by atoms with Gasteiger partial charge in [-0.15, -0.1) is 0 Å². The van der Waals surface area contributed by atoms with Crippen molar-refractivity contribution in [3.8, 4) is 11.5 Å². The lowest BCUT2D eigenvalue weighted by Gasteiger charge is -2.14. The molecule has 0 aliphatic heterocycles. The molecular formula is C17H12F4N2O. The number of hydrogen-bond acceptors (Lipinski definition) is 3. The molecule has 0 spiro atoms. The molecule has 3 aromatic rings. The lowest BCUT2D eigenvalue weighted by molar-refractivity contribution is -0.136. The molecule has 0 bridgehead atoms. The van der Waals surface area contributed by atoms with Gasteiger partial charge in [0.1, 0.15) is 17.3 Å². The van der Waals surface area contributed by atoms with Crippen LogP contribution in [-0.4, -0.2) is 4.98 Å². The number of nitrogens with zero attached hydrogens (tertiary/aromatic N) is 1. The third kappa shape index (κ3) is 2.97. The van der Waals surface area contributed by atoms with Gasteiger partial charge in [-0.1, -0.05) is 6.07 Å². The summed E-state index contributed by atoms with van der Waals surface area (Å²) >= 11 is 0. The van der Waals surface area contributed by atoms with E-state index in [1.54, 1.807) is 6.92 Å². The summed E-state index contributed by atoms with van der Waals surface area (Å²) in [6, 6.07) is 9.04. The van der Waals surface area contributed by atoms with Crippen molar-refractivity contribution in [1.29, 1.82) is 0 Å². The van der Waals surface area contributed by atoms with E-state index in [4.69, 9.17) is 10.5 Å². The minimum absolute atomic E-state index is 0.0440. The van der Waals surface area contributed by atoms with Crippen molar-refractivity contribution in [3.63, 3.8) is 0 Å². The van der Waals surface area contributed by atoms with Gasteiger partial charge in [0.2, 0.25) is 0 Å². The van der Waals surface area contributed by atoms with Crippen molar-refractivity contribution in [2.45, 2.75) is 13.1 Å². The number of para-hydroxylation sites is 1. The van der Waals surface area contributed by atoms with Crippen molar-refractivity contribution < 1.29 is 22.3 Å². The van der Waals surface area contributed by atoms with Crippen LogP contribution in [0.2, 0.25) is 0 Å². The van der Waals surface area contributed by atoms with Crippen LogP contribution in [0.15, 0.2) is 42.5 Å². The van der Waals surface area contributed by atoms with Crippen molar-refractivity contribution >= 4 is 16.6 Å². The number of ether oxygens (including phenoxy) is 1. The summed E-state index contributed by atoms with van der Waals surface area (Å²) in [4.78, 5) is 3.98. The largest absolute Gasteiger partial charge is 0.456 e. The molecule has 0 saturated heterocycles. The fraction of sp³-hybridized carbons (Fsp3) is 0.118. The van der Waals surface area contributed by atoms with E-state index in [-0.39, 0.29) is 28.1 Å². The van der Waals surface area contributed by atoms with Crippen molar-refractivity contribution in [2.75, 3.05) is 5.73 Å². The lowest BCUT2D eigenvalue weighted by Crippen LogP contribution is -2.07. The fourth-order valence-corrected chi connectivity index (χ4v) is 2.35. The summed E-state index contributed by atoms with van der Waals surface area (Å²) in [7, 11) is 0. The predicted molar refractivity (Wildman–Crippen MR) is 82.4 cm³/mol. The first-order valence-electron chi connectivity index (χ1n) is 6.96. The van der Waals surface area contributed by atoms with Gasteiger partial charge in [-0.2, -0.15) is 13.2 Å². The first kappa shape index (κ1) is 16.0. The molecule has 24 heavy (non-hydrogen) atoms. The van der Waals surface area contributed by atoms with E-state index >= 15 is 0 Å². The number of hydrogen-bond donors (Lipinski definition) is 1. The zero-order valence-electron chi connectivity index (χ0n) is 12.5. The van der Waals surface area contributed by atoms with Gasteiger partial charge < -0.3 is 10.5 Å². The number of benzene rings is 2. The molecule has 2 aromatic carbocycles. The Morgan fingerprint density at radius 2 is 1.83 bits per heavy atom. The molecule has 0 fully saturated rings. The molecule has 0 radical (unpaired) electrons. The Labute approximate surface area is 134 Å². The number of halogens is 4. The van der Waals surface area contributed by atoms with Crippen molar-refractivity contribution in [2.24, 2.45) is 0 Å². The molecule has 2 N–H and O–H groups in total. The molecule has 124 valence electrons. The van der Waals surface area contributed by atoms with Crippen LogP contribution in [0.3, 0.4) is 0 Å². The number of alkyl halides is 3. The first-order valence-corrected chi connectivity index (χ1v) is 6.96. The summed E-state index contributed by atoms with van der Waals surface area (Å²) in [6.45, 7) is 1.56. The number of nitrogens with two attached hydrogens (primary N) is 1. The molecule has 0 unspecified atom stereocenters. The van der Waals surface area contributed by atoms with Crippen molar-refractivity contribution in [3.05, 3.63) is 59.5 Å². The van der Waals surface area contributed by atoms with Crippen molar-refractivity contribution in [1.82, 2.24) is 4.98 Å². The standard InChI is InChI=1S/C17H12F4N2O/c1-9-7-15(24-10-5-6-14(22)13(18)8-10)11-3-2-4-12(16(11)23-9)17(19,20)21/h2-8H,22H2,1H3. The Balaban J connectivity index is 2.16. The Kier molecular flexibility index (Phi) is 3.79. The van der Waals surface area contributed by atoms with Gasteiger partial charge in [0.15, 0.2) is 0 Å². The number of aryl methyl sites for hydroxylation is 1. The minimum Gasteiger partial charge on any atom is -0.456 e. The van der Waals surface area contributed by atoms with E-state index in [2.05, 4.69) is 4.98 Å². The average molecular weight is 336 g/mol. The Morgan fingerprint density at radius 3 is 2.50 bits per heavy atom. The first-order chi connectivity index (χ1) is 11.3. The predicted octanol–water partition coefficient (Wildman–Crippen LogP) is 5.08. The van der Waals surface area contributed by atoms with Crippen LogP contribution >= 0.6 is 0 Å². The molecule has 0 aliphatic carbocycles. The molecule has 0 saturated carbocycles. The number of rotatable bonds is 2. The van der Waals surface area contributed by atoms with Crippen LogP contribution < -0.4 is 10.5 Å². The van der Waals surface area contributed by atoms with E-state index in [1.807, 2.05) is 0 Å². The number of nitrogen functional groups attached to an aromatic ring is 1. The maximum absolute atomic E-state index is 13.5. The van der Waals surface area contributed by atoms with Crippen LogP contribution in [0.5, 0.6) is 11.5 Å². The molecule has 0 amide bonds. The summed E-state index contributed by atoms with van der Waals surface area (Å²) in [5.74, 6) is -0.377. The maximum Gasteiger partial charge on any atom is 0.418 e. The minimum atomic E-state index is -4.54. The maximum atomic E-state index is 13.5. The molecule has 0 atom stereocenters. The number of pyridine rings is 1. The second-order valence-electron chi connectivity index (χ2n) is 5.25. The number of fused-ring (bicyclic) bond motifs is 1. The second kappa shape index (κ2) is 5.67. The highest BCUT2D eigenvalue weighted by molar-refractivity contribution is 5.88. The van der Waals surface area contributed by atoms with Gasteiger partial charge >= 0.3 is 6.18 Å². The zero-order chi connectivity index (χ0) is 17.5. The van der Waals surface area contributed by atoms with Gasteiger partial charge in [-0.05, 0) is 31.2 Å². The summed E-state index contributed by atoms with van der Waals surface area (Å²) in [5.41, 5.74) is 4.64. The molecule has 7 heteroatoms. The Bertz CT molecular complexity index is 922. The van der Waals surface area contributed by atoms with Crippen LogP contribution in [0.25, 0.3) is 10.9 Å². The quantitative estimate of drug-likeness (QED) is 0.525. The van der Waals surface area contributed by atoms with Crippen LogP contribution in [0.1, 0.15) is 11.3 Å². The Morgan fingerprint density at radius 1 is 1.08 bits per heavy atom. The van der Waals surface area contributed by atoms with Gasteiger partial charge in [0, 0.05) is 23.2 Å². The van der Waals surface area contributed by atoms with E-state index in [0.717, 1.165) is 12.1 Å². The van der Waals surface area contributed by atoms with E-state index < -0.39 is 17.6 Å². The normalized spacial score (nSPS) is 11.7. The van der Waals surface area contributed by atoms with Crippen LogP contribution in [-0.2, 0) is 6.18 Å². The highest BCUT2D eigenvalue weighted by Gasteiger charge is 2.33. The Hall–Kier alpha value is -2.83. The van der Waals surface area contributed by atoms with Crippen LogP contribution in [0, 0.1) is 12.7 Å². The number of anilines is 1. The molecule has 3 nitrogen and oxygen atoms in total. The van der Waals surface area contributed by atoms with Gasteiger partial charge in [0.05, 0.1) is 16.8 Å². The van der Waals surface area contributed by atoms with Gasteiger partial charge in [-0.25, -0.2) is 4.39 Å². The third-order valence-electron chi connectivity index (χ3n) is 3.43. The average Bonchev–Trinajstić information content (AvgIpc) is 2.49. The SMILES string of the molecule is Cc1cc(Oc2ccc(N)c(F)c2)c2cccc(C(F)(F)F)c2n1. The van der Waals surface area contributed by atoms with E-state index in [0.29, 0.717) is 5.69 Å². The molecular weight excluding hydrogens is 324 g/mol. The van der Waals surface area contributed by atoms with Crippen LogP contribution in [0.4, 0.5) is 23.2 Å². The van der Waals surface area contributed by atoms with Gasteiger partial charge in [-0.3, -0.25) is 4.98 Å². The van der Waals surface area contributed by atoms with E-state index in [1.165, 1.54) is 30.3 Å². The number of aromatic nitrogens is 1. The summed E-state index contributed by atoms with van der Waals surface area (Å²) in [5, 5.41) is 0.188. The third-order valence-corrected chi connectivity index (χ3v) is 3.43. The zero-order valence-corrected chi connectivity index (χ0v) is 12.5. The summed E-state index contributed by atoms with van der Waals surface area (Å²) in [6.07, 6.45) is -4.54. The molecule has 0 aliphatic rings. The molecule has 1 heterocycles. The highest BCUT2D eigenvalue weighted by Crippen LogP contribution is 2.38. The molecule has 1 aromatic heterocycles. The van der Waals surface area contributed by atoms with E-state index in [9.17, 15) is 17.6 Å². The monoisotopic (exact) mass is 336 g/mol. The highest BCUT2D eigenvalue weighted by atomic mass is 19.4.